The number of alkyl halides is 1. The first kappa shape index (κ1) is 28.9. The second-order valence-corrected chi connectivity index (χ2v) is 11.9. The summed E-state index contributed by atoms with van der Waals surface area (Å²) in [5.41, 5.74) is -0.586. The number of hydrogen-bond donors (Lipinski definition) is 2. The van der Waals surface area contributed by atoms with Gasteiger partial charge < -0.3 is 19.3 Å². The molecule has 9 heteroatoms. The fourth-order valence-electron chi connectivity index (χ4n) is 3.92. The number of carbonyl (C=O) groups is 2. The highest BCUT2D eigenvalue weighted by Crippen LogP contribution is 2.45. The number of nitrogens with one attached hydrogen (secondary N) is 1. The topological polar surface area (TPSA) is 94.1 Å². The molecule has 0 bridgehead atoms. The summed E-state index contributed by atoms with van der Waals surface area (Å²) >= 11 is 7.28. The van der Waals surface area contributed by atoms with Crippen LogP contribution >= 0.6 is 23.4 Å². The van der Waals surface area contributed by atoms with Crippen molar-refractivity contribution in [2.45, 2.75) is 76.0 Å². The van der Waals surface area contributed by atoms with Gasteiger partial charge in [0, 0.05) is 11.3 Å². The molecule has 7 nitrogen and oxygen atoms in total. The van der Waals surface area contributed by atoms with Gasteiger partial charge in [-0.2, -0.15) is 0 Å². The van der Waals surface area contributed by atoms with E-state index in [1.165, 1.54) is 0 Å². The maximum atomic E-state index is 12.3. The van der Waals surface area contributed by atoms with E-state index in [-0.39, 0.29) is 37.0 Å². The van der Waals surface area contributed by atoms with E-state index in [2.05, 4.69) is 5.32 Å². The van der Waals surface area contributed by atoms with Crippen LogP contribution in [-0.2, 0) is 23.8 Å². The fourth-order valence-corrected chi connectivity index (χ4v) is 5.18. The van der Waals surface area contributed by atoms with Gasteiger partial charge in [0.1, 0.15) is 16.9 Å². The highest BCUT2D eigenvalue weighted by molar-refractivity contribution is 8.00. The highest BCUT2D eigenvalue weighted by Gasteiger charge is 2.49. The van der Waals surface area contributed by atoms with E-state index >= 15 is 0 Å². The summed E-state index contributed by atoms with van der Waals surface area (Å²) < 4.78 is 17.9. The average Bonchev–Trinajstić information content (AvgIpc) is 2.78. The Morgan fingerprint density at radius 3 is 2.50 bits per heavy atom. The molecule has 34 heavy (non-hydrogen) atoms. The van der Waals surface area contributed by atoms with Gasteiger partial charge in [0.25, 0.3) is 0 Å². The SMILES string of the molecule is C[C@H](COC(=O)C(C)(C)C)[C@@H](C)C1O[C@@](C)(Sc2ccccc2)C[C@@H](OC(=O)CCl)[C@H]1NCO. The molecule has 0 spiro atoms. The summed E-state index contributed by atoms with van der Waals surface area (Å²) in [6.45, 7) is 11.4. The van der Waals surface area contributed by atoms with Crippen molar-refractivity contribution in [3.8, 4) is 0 Å². The quantitative estimate of drug-likeness (QED) is 0.272. The van der Waals surface area contributed by atoms with Gasteiger partial charge in [0.05, 0.1) is 30.9 Å². The van der Waals surface area contributed by atoms with E-state index in [4.69, 9.17) is 25.8 Å². The monoisotopic (exact) mass is 515 g/mol. The van der Waals surface area contributed by atoms with E-state index < -0.39 is 34.6 Å². The van der Waals surface area contributed by atoms with Crippen molar-refractivity contribution in [3.63, 3.8) is 0 Å². The lowest BCUT2D eigenvalue weighted by molar-refractivity contribution is -0.182. The first-order valence-corrected chi connectivity index (χ1v) is 12.9. The molecular formula is C25H38ClNO6S. The number of thioether (sulfide) groups is 1. The third-order valence-electron chi connectivity index (χ3n) is 6.01. The van der Waals surface area contributed by atoms with Gasteiger partial charge in [-0.3, -0.25) is 14.9 Å². The third-order valence-corrected chi connectivity index (χ3v) is 7.43. The first-order chi connectivity index (χ1) is 15.9. The summed E-state index contributed by atoms with van der Waals surface area (Å²) in [7, 11) is 0. The zero-order valence-electron chi connectivity index (χ0n) is 20.9. The molecule has 0 radical (unpaired) electrons. The van der Waals surface area contributed by atoms with Crippen LogP contribution in [-0.4, -0.2) is 59.4 Å². The molecule has 192 valence electrons. The zero-order valence-corrected chi connectivity index (χ0v) is 22.4. The lowest BCUT2D eigenvalue weighted by atomic mass is 9.82. The molecule has 2 rings (SSSR count). The number of rotatable bonds is 10. The number of benzene rings is 1. The summed E-state index contributed by atoms with van der Waals surface area (Å²) in [4.78, 5) is 24.7. The van der Waals surface area contributed by atoms with Gasteiger partial charge in [0.2, 0.25) is 0 Å². The highest BCUT2D eigenvalue weighted by atomic mass is 35.5. The third kappa shape index (κ3) is 8.12. The smallest absolute Gasteiger partial charge is 0.321 e. The van der Waals surface area contributed by atoms with Gasteiger partial charge in [-0.25, -0.2) is 0 Å². The molecule has 1 aromatic rings. The number of hydrogen-bond acceptors (Lipinski definition) is 8. The van der Waals surface area contributed by atoms with Crippen molar-refractivity contribution in [2.24, 2.45) is 17.3 Å². The summed E-state index contributed by atoms with van der Waals surface area (Å²) in [5.74, 6) is -1.19. The summed E-state index contributed by atoms with van der Waals surface area (Å²) in [6.07, 6.45) is -0.590. The Bertz CT molecular complexity index is 804. The van der Waals surface area contributed by atoms with Crippen LogP contribution in [0.25, 0.3) is 0 Å². The number of esters is 2. The maximum Gasteiger partial charge on any atom is 0.321 e. The zero-order chi connectivity index (χ0) is 25.5. The molecule has 1 unspecified atom stereocenters. The van der Waals surface area contributed by atoms with E-state index in [0.717, 1.165) is 4.90 Å². The number of aliphatic hydroxyl groups is 1. The molecule has 1 fully saturated rings. The van der Waals surface area contributed by atoms with Gasteiger partial charge in [-0.05, 0) is 51.7 Å². The molecule has 0 amide bonds. The van der Waals surface area contributed by atoms with Crippen LogP contribution in [0.1, 0.15) is 48.0 Å². The molecule has 6 atom stereocenters. The predicted octanol–water partition coefficient (Wildman–Crippen LogP) is 4.20. The normalized spacial score (nSPS) is 27.0. The molecule has 2 N–H and O–H groups in total. The number of halogens is 1. The molecular weight excluding hydrogens is 478 g/mol. The lowest BCUT2D eigenvalue weighted by Crippen LogP contribution is -2.62. The van der Waals surface area contributed by atoms with Gasteiger partial charge in [0.15, 0.2) is 0 Å². The second kappa shape index (κ2) is 12.6. The van der Waals surface area contributed by atoms with Crippen LogP contribution in [0.3, 0.4) is 0 Å². The van der Waals surface area contributed by atoms with Gasteiger partial charge in [-0.15, -0.1) is 11.6 Å². The van der Waals surface area contributed by atoms with E-state index in [1.54, 1.807) is 11.8 Å². The number of ether oxygens (including phenoxy) is 3. The van der Waals surface area contributed by atoms with Crippen LogP contribution in [0.4, 0.5) is 0 Å². The van der Waals surface area contributed by atoms with Crippen LogP contribution in [0.5, 0.6) is 0 Å². The van der Waals surface area contributed by atoms with Crippen molar-refractivity contribution in [1.29, 1.82) is 0 Å². The summed E-state index contributed by atoms with van der Waals surface area (Å²) in [5, 5.41) is 12.7. The Kier molecular flexibility index (Phi) is 10.7. The fraction of sp³-hybridized carbons (Fsp3) is 0.680. The minimum Gasteiger partial charge on any atom is -0.465 e. The van der Waals surface area contributed by atoms with Crippen LogP contribution in [0.2, 0.25) is 0 Å². The minimum absolute atomic E-state index is 0.0484. The van der Waals surface area contributed by atoms with Gasteiger partial charge in [-0.1, -0.05) is 43.8 Å². The van der Waals surface area contributed by atoms with Crippen molar-refractivity contribution in [3.05, 3.63) is 30.3 Å². The molecule has 1 aliphatic heterocycles. The minimum atomic E-state index is -0.701. The standard InChI is InChI=1S/C25H38ClNO6S/c1-16(14-31-23(30)24(3,4)5)17(2)22-21(27-15-28)19(32-20(29)13-26)12-25(6,33-22)34-18-10-8-7-9-11-18/h7-11,16-17,19,21-22,27-28H,12-15H2,1-6H3/t16-,17-,19-,21-,22?,25+/m1/s1. The molecule has 0 saturated carbocycles. The Balaban J connectivity index is 2.29. The molecule has 1 aromatic carbocycles. The molecule has 0 aromatic heterocycles. The number of aliphatic hydroxyl groups excluding tert-OH is 1. The van der Waals surface area contributed by atoms with Crippen molar-refractivity contribution in [1.82, 2.24) is 5.32 Å². The molecule has 0 aliphatic carbocycles. The van der Waals surface area contributed by atoms with E-state index in [1.807, 2.05) is 71.9 Å². The number of carbonyl (C=O) groups excluding carboxylic acids is 2. The predicted molar refractivity (Wildman–Crippen MR) is 134 cm³/mol. The Labute approximate surface area is 212 Å². The second-order valence-electron chi connectivity index (χ2n) is 10.1. The van der Waals surface area contributed by atoms with Crippen molar-refractivity contribution in [2.75, 3.05) is 19.2 Å². The van der Waals surface area contributed by atoms with Crippen LogP contribution < -0.4 is 5.32 Å². The molecule has 1 saturated heterocycles. The first-order valence-electron chi connectivity index (χ1n) is 11.6. The van der Waals surface area contributed by atoms with Gasteiger partial charge >= 0.3 is 11.9 Å². The van der Waals surface area contributed by atoms with E-state index in [0.29, 0.717) is 6.42 Å². The molecule has 1 aliphatic rings. The lowest BCUT2D eigenvalue weighted by Gasteiger charge is -2.49. The van der Waals surface area contributed by atoms with Crippen LogP contribution in [0.15, 0.2) is 35.2 Å². The summed E-state index contributed by atoms with van der Waals surface area (Å²) in [6, 6.07) is 9.42. The maximum absolute atomic E-state index is 12.3. The Morgan fingerprint density at radius 2 is 1.94 bits per heavy atom. The van der Waals surface area contributed by atoms with Crippen molar-refractivity contribution < 1.29 is 28.9 Å². The average molecular weight is 516 g/mol. The van der Waals surface area contributed by atoms with Crippen molar-refractivity contribution >= 4 is 35.3 Å². The Hall–Kier alpha value is -1.32. The largest absolute Gasteiger partial charge is 0.465 e. The molecule has 1 heterocycles. The van der Waals surface area contributed by atoms with Crippen LogP contribution in [0, 0.1) is 17.3 Å². The van der Waals surface area contributed by atoms with E-state index in [9.17, 15) is 14.7 Å². The Morgan fingerprint density at radius 1 is 1.29 bits per heavy atom.